The molecule has 2 saturated heterocycles. The van der Waals surface area contributed by atoms with Crippen molar-refractivity contribution in [3.05, 3.63) is 47.5 Å². The van der Waals surface area contributed by atoms with Crippen LogP contribution in [0.4, 0.5) is 17.1 Å². The van der Waals surface area contributed by atoms with Crippen LogP contribution in [-0.2, 0) is 14.3 Å². The zero-order chi connectivity index (χ0) is 24.1. The number of methoxy groups -OCH3 is 1. The number of hydrogen-bond acceptors (Lipinski definition) is 7. The quantitative estimate of drug-likeness (QED) is 0.614. The van der Waals surface area contributed by atoms with E-state index in [1.807, 2.05) is 41.3 Å². The van der Waals surface area contributed by atoms with E-state index in [0.717, 1.165) is 30.2 Å². The van der Waals surface area contributed by atoms with Gasteiger partial charge < -0.3 is 30.3 Å². The molecule has 0 aromatic heterocycles. The number of piperazine rings is 1. The molecule has 1 atom stereocenters. The van der Waals surface area contributed by atoms with Gasteiger partial charge >= 0.3 is 0 Å². The van der Waals surface area contributed by atoms with Crippen LogP contribution in [0.1, 0.15) is 0 Å². The largest absolute Gasteiger partial charge is 0.497 e. The Kier molecular flexibility index (Phi) is 7.77. The second-order valence-electron chi connectivity index (χ2n) is 8.35. The van der Waals surface area contributed by atoms with Crippen LogP contribution in [0.3, 0.4) is 0 Å². The number of rotatable bonds is 7. The minimum Gasteiger partial charge on any atom is -0.497 e. The number of nitrogens with one attached hydrogen (secondary N) is 1. The minimum atomic E-state index is -0.575. The Balaban J connectivity index is 1.36. The molecule has 2 heterocycles. The molecule has 2 amide bonds. The average Bonchev–Trinajstić information content (AvgIpc) is 2.85. The topological polar surface area (TPSA) is 100 Å². The summed E-state index contributed by atoms with van der Waals surface area (Å²) in [6.07, 6.45) is 0. The number of morpholine rings is 1. The SMILES string of the molecule is COc1ccc(N2CCN(CC(=O)Nc3ccc(N4CCOCC4)c(Cl)c3)C(C(N)=O)C2)cc1. The number of carbonyl (C=O) groups excluding carboxylic acids is 2. The van der Waals surface area contributed by atoms with Crippen LogP contribution in [0.2, 0.25) is 5.02 Å². The zero-order valence-electron chi connectivity index (χ0n) is 19.2. The summed E-state index contributed by atoms with van der Waals surface area (Å²) in [7, 11) is 1.62. The predicted molar refractivity (Wildman–Crippen MR) is 133 cm³/mol. The second kappa shape index (κ2) is 10.9. The van der Waals surface area contributed by atoms with Crippen LogP contribution >= 0.6 is 11.6 Å². The molecule has 2 aromatic rings. The predicted octanol–water partition coefficient (Wildman–Crippen LogP) is 1.80. The van der Waals surface area contributed by atoms with E-state index in [1.165, 1.54) is 0 Å². The summed E-state index contributed by atoms with van der Waals surface area (Å²) in [5.41, 5.74) is 8.20. The highest BCUT2D eigenvalue weighted by Crippen LogP contribution is 2.29. The maximum absolute atomic E-state index is 12.8. The van der Waals surface area contributed by atoms with Crippen LogP contribution in [-0.4, -0.2) is 82.3 Å². The van der Waals surface area contributed by atoms with Crippen molar-refractivity contribution in [3.8, 4) is 5.75 Å². The normalized spacial score (nSPS) is 19.1. The molecule has 4 rings (SSSR count). The number of nitrogens with two attached hydrogens (primary N) is 1. The summed E-state index contributed by atoms with van der Waals surface area (Å²) >= 11 is 6.48. The number of ether oxygens (including phenoxy) is 2. The Morgan fingerprint density at radius 1 is 1.09 bits per heavy atom. The third-order valence-electron chi connectivity index (χ3n) is 6.19. The summed E-state index contributed by atoms with van der Waals surface area (Å²) in [6.45, 7) is 4.57. The lowest BCUT2D eigenvalue weighted by Crippen LogP contribution is -2.59. The summed E-state index contributed by atoms with van der Waals surface area (Å²) < 4.78 is 10.6. The van der Waals surface area contributed by atoms with Gasteiger partial charge in [0.1, 0.15) is 11.8 Å². The fraction of sp³-hybridized carbons (Fsp3) is 0.417. The van der Waals surface area contributed by atoms with Gasteiger partial charge in [-0.25, -0.2) is 0 Å². The van der Waals surface area contributed by atoms with E-state index >= 15 is 0 Å². The number of primary amides is 1. The molecule has 0 bridgehead atoms. The van der Waals surface area contributed by atoms with Crippen molar-refractivity contribution in [1.82, 2.24) is 4.90 Å². The Bertz CT molecular complexity index is 1010. The summed E-state index contributed by atoms with van der Waals surface area (Å²) in [5.74, 6) is 0.0897. The first-order valence-corrected chi connectivity index (χ1v) is 11.7. The summed E-state index contributed by atoms with van der Waals surface area (Å²) in [5, 5.41) is 3.46. The molecule has 1 unspecified atom stereocenters. The van der Waals surface area contributed by atoms with Gasteiger partial charge in [-0.2, -0.15) is 0 Å². The lowest BCUT2D eigenvalue weighted by atomic mass is 10.1. The molecule has 2 aromatic carbocycles. The smallest absolute Gasteiger partial charge is 0.238 e. The lowest BCUT2D eigenvalue weighted by Gasteiger charge is -2.40. The van der Waals surface area contributed by atoms with E-state index in [9.17, 15) is 9.59 Å². The molecule has 9 nitrogen and oxygen atoms in total. The van der Waals surface area contributed by atoms with Gasteiger partial charge in [-0.3, -0.25) is 14.5 Å². The van der Waals surface area contributed by atoms with Crippen LogP contribution in [0.5, 0.6) is 5.75 Å². The molecule has 2 aliphatic heterocycles. The van der Waals surface area contributed by atoms with Gasteiger partial charge in [0.25, 0.3) is 0 Å². The van der Waals surface area contributed by atoms with Crippen molar-refractivity contribution in [2.24, 2.45) is 5.73 Å². The highest BCUT2D eigenvalue weighted by molar-refractivity contribution is 6.33. The molecule has 2 fully saturated rings. The number of halogens is 1. The van der Waals surface area contributed by atoms with Crippen LogP contribution in [0, 0.1) is 0 Å². The standard InChI is InChI=1S/C24H30ClN5O4/c1-33-19-5-3-18(4-6-19)29-8-9-30(22(15-29)24(26)32)16-23(31)27-17-2-7-21(20(25)14-17)28-10-12-34-13-11-28/h2-7,14,22H,8-13,15-16H2,1H3,(H2,26,32)(H,27,31). The first-order valence-electron chi connectivity index (χ1n) is 11.3. The molecular weight excluding hydrogens is 458 g/mol. The molecule has 0 aliphatic carbocycles. The van der Waals surface area contributed by atoms with Crippen molar-refractivity contribution >= 4 is 40.5 Å². The molecule has 34 heavy (non-hydrogen) atoms. The summed E-state index contributed by atoms with van der Waals surface area (Å²) in [6, 6.07) is 12.6. The monoisotopic (exact) mass is 487 g/mol. The average molecular weight is 488 g/mol. The molecule has 182 valence electrons. The fourth-order valence-electron chi connectivity index (χ4n) is 4.34. The van der Waals surface area contributed by atoms with Gasteiger partial charge in [-0.1, -0.05) is 11.6 Å². The van der Waals surface area contributed by atoms with Crippen molar-refractivity contribution in [1.29, 1.82) is 0 Å². The molecule has 3 N–H and O–H groups in total. The number of amides is 2. The second-order valence-corrected chi connectivity index (χ2v) is 8.75. The number of anilines is 3. The third kappa shape index (κ3) is 5.72. The zero-order valence-corrected chi connectivity index (χ0v) is 20.0. The highest BCUT2D eigenvalue weighted by atomic mass is 35.5. The Labute approximate surface area is 204 Å². The summed E-state index contributed by atoms with van der Waals surface area (Å²) in [4.78, 5) is 31.0. The van der Waals surface area contributed by atoms with Crippen LogP contribution in [0.15, 0.2) is 42.5 Å². The minimum absolute atomic E-state index is 0.0624. The number of hydrogen-bond donors (Lipinski definition) is 2. The molecule has 0 radical (unpaired) electrons. The molecular formula is C24H30ClN5O4. The Morgan fingerprint density at radius 2 is 1.82 bits per heavy atom. The molecule has 0 spiro atoms. The van der Waals surface area contributed by atoms with E-state index < -0.39 is 11.9 Å². The molecule has 2 aliphatic rings. The molecule has 10 heteroatoms. The Hall–Kier alpha value is -3.01. The van der Waals surface area contributed by atoms with E-state index in [0.29, 0.717) is 43.6 Å². The van der Waals surface area contributed by atoms with E-state index in [2.05, 4.69) is 15.1 Å². The van der Waals surface area contributed by atoms with Gasteiger partial charge in [-0.05, 0) is 42.5 Å². The van der Waals surface area contributed by atoms with Crippen LogP contribution in [0.25, 0.3) is 0 Å². The Morgan fingerprint density at radius 3 is 2.47 bits per heavy atom. The van der Waals surface area contributed by atoms with Gasteiger partial charge in [0.05, 0.1) is 37.6 Å². The highest BCUT2D eigenvalue weighted by Gasteiger charge is 2.32. The van der Waals surface area contributed by atoms with Gasteiger partial charge in [-0.15, -0.1) is 0 Å². The van der Waals surface area contributed by atoms with E-state index in [4.69, 9.17) is 26.8 Å². The van der Waals surface area contributed by atoms with Gasteiger partial charge in [0.2, 0.25) is 11.8 Å². The first kappa shape index (κ1) is 24.1. The maximum Gasteiger partial charge on any atom is 0.238 e. The first-order chi connectivity index (χ1) is 16.4. The number of carbonyl (C=O) groups is 2. The van der Waals surface area contributed by atoms with E-state index in [1.54, 1.807) is 13.2 Å². The van der Waals surface area contributed by atoms with Crippen molar-refractivity contribution in [2.45, 2.75) is 6.04 Å². The molecule has 0 saturated carbocycles. The third-order valence-corrected chi connectivity index (χ3v) is 6.49. The van der Waals surface area contributed by atoms with Crippen LogP contribution < -0.4 is 25.6 Å². The number of nitrogens with zero attached hydrogens (tertiary/aromatic N) is 3. The van der Waals surface area contributed by atoms with Crippen molar-refractivity contribution in [3.63, 3.8) is 0 Å². The number of benzene rings is 2. The van der Waals surface area contributed by atoms with E-state index in [-0.39, 0.29) is 12.5 Å². The van der Waals surface area contributed by atoms with Gasteiger partial charge in [0, 0.05) is 44.1 Å². The lowest BCUT2D eigenvalue weighted by molar-refractivity contribution is -0.125. The van der Waals surface area contributed by atoms with Gasteiger partial charge in [0.15, 0.2) is 0 Å². The van der Waals surface area contributed by atoms with Crippen molar-refractivity contribution in [2.75, 3.05) is 74.7 Å². The maximum atomic E-state index is 12.8. The fourth-order valence-corrected chi connectivity index (χ4v) is 4.64. The van der Waals surface area contributed by atoms with Crippen molar-refractivity contribution < 1.29 is 19.1 Å².